The van der Waals surface area contributed by atoms with Crippen LogP contribution in [0.4, 0.5) is 5.69 Å². The van der Waals surface area contributed by atoms with Crippen LogP contribution in [-0.4, -0.2) is 10.8 Å². The summed E-state index contributed by atoms with van der Waals surface area (Å²) in [5.41, 5.74) is 0.906. The quantitative estimate of drug-likeness (QED) is 0.672. The van der Waals surface area contributed by atoms with Crippen molar-refractivity contribution < 1.29 is 9.72 Å². The second kappa shape index (κ2) is 6.15. The van der Waals surface area contributed by atoms with E-state index >= 15 is 0 Å². The number of carbonyl (C=O) groups is 1. The number of thiophene rings is 1. The Morgan fingerprint density at radius 2 is 2.20 bits per heavy atom. The third-order valence-corrected chi connectivity index (χ3v) is 4.68. The van der Waals surface area contributed by atoms with Gasteiger partial charge in [0.1, 0.15) is 0 Å². The van der Waals surface area contributed by atoms with Crippen molar-refractivity contribution in [3.8, 4) is 0 Å². The molecule has 5 nitrogen and oxygen atoms in total. The summed E-state index contributed by atoms with van der Waals surface area (Å²) in [4.78, 5) is 23.3. The number of aryl methyl sites for hydroxylation is 1. The van der Waals surface area contributed by atoms with Crippen molar-refractivity contribution >= 4 is 38.9 Å². The molecule has 1 aromatic heterocycles. The standard InChI is InChI=1S/C13H11BrN2O3S/c1-8-6-9(2-3-11(8)16(18)19)13(17)15-7-12-10(14)4-5-20-12/h2-6H,7H2,1H3,(H,15,17). The van der Waals surface area contributed by atoms with Gasteiger partial charge in [-0.3, -0.25) is 14.9 Å². The van der Waals surface area contributed by atoms with Crippen LogP contribution < -0.4 is 5.32 Å². The zero-order chi connectivity index (χ0) is 14.7. The molecule has 1 amide bonds. The molecule has 1 N–H and O–H groups in total. The number of hydrogen-bond acceptors (Lipinski definition) is 4. The maximum absolute atomic E-state index is 12.0. The Bertz CT molecular complexity index is 669. The second-order valence-corrected chi connectivity index (χ2v) is 5.99. The van der Waals surface area contributed by atoms with Crippen LogP contribution in [0.5, 0.6) is 0 Å². The molecule has 7 heteroatoms. The molecule has 1 aromatic carbocycles. The van der Waals surface area contributed by atoms with Crippen molar-refractivity contribution in [1.29, 1.82) is 0 Å². The lowest BCUT2D eigenvalue weighted by Crippen LogP contribution is -2.22. The van der Waals surface area contributed by atoms with E-state index in [9.17, 15) is 14.9 Å². The van der Waals surface area contributed by atoms with Gasteiger partial charge in [-0.25, -0.2) is 0 Å². The van der Waals surface area contributed by atoms with Crippen LogP contribution in [0.1, 0.15) is 20.8 Å². The monoisotopic (exact) mass is 354 g/mol. The largest absolute Gasteiger partial charge is 0.347 e. The van der Waals surface area contributed by atoms with Gasteiger partial charge >= 0.3 is 0 Å². The number of nitro benzene ring substituents is 1. The summed E-state index contributed by atoms with van der Waals surface area (Å²) in [6, 6.07) is 6.26. The van der Waals surface area contributed by atoms with Crippen LogP contribution >= 0.6 is 27.3 Å². The number of carbonyl (C=O) groups excluding carboxylic acids is 1. The van der Waals surface area contributed by atoms with Crippen LogP contribution in [0.2, 0.25) is 0 Å². The fourth-order valence-corrected chi connectivity index (χ4v) is 3.15. The molecule has 0 unspecified atom stereocenters. The highest BCUT2D eigenvalue weighted by Gasteiger charge is 2.14. The lowest BCUT2D eigenvalue weighted by molar-refractivity contribution is -0.385. The molecule has 0 atom stereocenters. The first-order chi connectivity index (χ1) is 9.49. The highest BCUT2D eigenvalue weighted by atomic mass is 79.9. The molecule has 0 aliphatic carbocycles. The van der Waals surface area contributed by atoms with Crippen molar-refractivity contribution in [3.05, 3.63) is 60.2 Å². The summed E-state index contributed by atoms with van der Waals surface area (Å²) < 4.78 is 0.961. The minimum atomic E-state index is -0.459. The zero-order valence-corrected chi connectivity index (χ0v) is 13.0. The van der Waals surface area contributed by atoms with E-state index in [1.54, 1.807) is 18.3 Å². The van der Waals surface area contributed by atoms with Crippen LogP contribution in [0.15, 0.2) is 34.1 Å². The molecule has 1 heterocycles. The summed E-state index contributed by atoms with van der Waals surface area (Å²) in [5, 5.41) is 15.4. The summed E-state index contributed by atoms with van der Waals surface area (Å²) in [7, 11) is 0. The van der Waals surface area contributed by atoms with Gasteiger partial charge in [-0.1, -0.05) is 0 Å². The Kier molecular flexibility index (Phi) is 4.51. The maximum Gasteiger partial charge on any atom is 0.272 e. The third-order valence-electron chi connectivity index (χ3n) is 2.76. The molecule has 0 aliphatic rings. The SMILES string of the molecule is Cc1cc(C(=O)NCc2sccc2Br)ccc1[N+](=O)[O-]. The Hall–Kier alpha value is -1.73. The van der Waals surface area contributed by atoms with Gasteiger partial charge in [0.05, 0.1) is 11.5 Å². The minimum Gasteiger partial charge on any atom is -0.347 e. The first kappa shape index (κ1) is 14.7. The Balaban J connectivity index is 2.08. The molecule has 0 saturated carbocycles. The number of amides is 1. The molecule has 0 aliphatic heterocycles. The van der Waals surface area contributed by atoms with Gasteiger partial charge in [0.25, 0.3) is 11.6 Å². The van der Waals surface area contributed by atoms with Gasteiger partial charge in [-0.15, -0.1) is 11.3 Å². The normalized spacial score (nSPS) is 10.3. The van der Waals surface area contributed by atoms with Crippen LogP contribution in [-0.2, 0) is 6.54 Å². The fraction of sp³-hybridized carbons (Fsp3) is 0.154. The van der Waals surface area contributed by atoms with Gasteiger partial charge in [0.15, 0.2) is 0 Å². The molecule has 0 spiro atoms. The average Bonchev–Trinajstić information content (AvgIpc) is 2.81. The lowest BCUT2D eigenvalue weighted by Gasteiger charge is -2.05. The van der Waals surface area contributed by atoms with Crippen LogP contribution in [0, 0.1) is 17.0 Å². The number of hydrogen-bond donors (Lipinski definition) is 1. The van der Waals surface area contributed by atoms with Crippen LogP contribution in [0.3, 0.4) is 0 Å². The first-order valence-electron chi connectivity index (χ1n) is 5.74. The van der Waals surface area contributed by atoms with E-state index in [1.807, 2.05) is 11.4 Å². The van der Waals surface area contributed by atoms with Crippen molar-refractivity contribution in [2.45, 2.75) is 13.5 Å². The Morgan fingerprint density at radius 3 is 2.75 bits per heavy atom. The van der Waals surface area contributed by atoms with Gasteiger partial charge in [-0.2, -0.15) is 0 Å². The van der Waals surface area contributed by atoms with Crippen molar-refractivity contribution in [3.63, 3.8) is 0 Å². The number of halogens is 1. The number of nitro groups is 1. The Morgan fingerprint density at radius 1 is 1.45 bits per heavy atom. The van der Waals surface area contributed by atoms with Gasteiger partial charge in [-0.05, 0) is 46.4 Å². The summed E-state index contributed by atoms with van der Waals surface area (Å²) in [6.07, 6.45) is 0. The molecule has 0 radical (unpaired) electrons. The highest BCUT2D eigenvalue weighted by molar-refractivity contribution is 9.10. The van der Waals surface area contributed by atoms with E-state index in [1.165, 1.54) is 18.2 Å². The number of nitrogens with zero attached hydrogens (tertiary/aromatic N) is 1. The van der Waals surface area contributed by atoms with Crippen LogP contribution in [0.25, 0.3) is 0 Å². The van der Waals surface area contributed by atoms with E-state index in [0.29, 0.717) is 17.7 Å². The van der Waals surface area contributed by atoms with Gasteiger partial charge in [0.2, 0.25) is 0 Å². The van der Waals surface area contributed by atoms with Gasteiger partial charge < -0.3 is 5.32 Å². The first-order valence-corrected chi connectivity index (χ1v) is 7.41. The van der Waals surface area contributed by atoms with Crippen molar-refractivity contribution in [2.24, 2.45) is 0 Å². The molecule has 20 heavy (non-hydrogen) atoms. The molecule has 2 rings (SSSR count). The predicted molar refractivity (Wildman–Crippen MR) is 81.0 cm³/mol. The minimum absolute atomic E-state index is 0.0163. The molecule has 104 valence electrons. The predicted octanol–water partition coefficient (Wildman–Crippen LogP) is 3.66. The number of benzene rings is 1. The third kappa shape index (κ3) is 3.23. The van der Waals surface area contributed by atoms with Crippen molar-refractivity contribution in [2.75, 3.05) is 0 Å². The maximum atomic E-state index is 12.0. The average molecular weight is 355 g/mol. The molecule has 0 fully saturated rings. The molecule has 2 aromatic rings. The number of rotatable bonds is 4. The summed E-state index contributed by atoms with van der Waals surface area (Å²) in [5.74, 6) is -0.247. The van der Waals surface area contributed by atoms with Crippen molar-refractivity contribution in [1.82, 2.24) is 5.32 Å². The second-order valence-electron chi connectivity index (χ2n) is 4.13. The van der Waals surface area contributed by atoms with E-state index in [4.69, 9.17) is 0 Å². The molecular formula is C13H11BrN2O3S. The smallest absolute Gasteiger partial charge is 0.272 e. The Labute approximate surface area is 127 Å². The topological polar surface area (TPSA) is 72.2 Å². The molecule has 0 saturated heterocycles. The molecular weight excluding hydrogens is 344 g/mol. The summed E-state index contributed by atoms with van der Waals surface area (Å²) in [6.45, 7) is 2.04. The highest BCUT2D eigenvalue weighted by Crippen LogP contribution is 2.22. The lowest BCUT2D eigenvalue weighted by atomic mass is 10.1. The molecule has 0 bridgehead atoms. The number of nitrogens with one attached hydrogen (secondary N) is 1. The van der Waals surface area contributed by atoms with E-state index in [-0.39, 0.29) is 11.6 Å². The van der Waals surface area contributed by atoms with E-state index < -0.39 is 4.92 Å². The van der Waals surface area contributed by atoms with Gasteiger partial charge in [0, 0.05) is 26.5 Å². The van der Waals surface area contributed by atoms with E-state index in [2.05, 4.69) is 21.2 Å². The fourth-order valence-electron chi connectivity index (χ4n) is 1.72. The summed E-state index contributed by atoms with van der Waals surface area (Å²) >= 11 is 4.94. The van der Waals surface area contributed by atoms with E-state index in [0.717, 1.165) is 9.35 Å². The zero-order valence-electron chi connectivity index (χ0n) is 10.6.